The maximum absolute atomic E-state index is 12.1. The van der Waals surface area contributed by atoms with Gasteiger partial charge in [-0.05, 0) is 36.4 Å². The van der Waals surface area contributed by atoms with Crippen LogP contribution in [-0.4, -0.2) is 8.42 Å². The van der Waals surface area contributed by atoms with E-state index >= 15 is 0 Å². The molecule has 4 nitrogen and oxygen atoms in total. The van der Waals surface area contributed by atoms with Crippen molar-refractivity contribution in [2.75, 3.05) is 11.5 Å². The van der Waals surface area contributed by atoms with E-state index in [0.29, 0.717) is 21.2 Å². The van der Waals surface area contributed by atoms with Crippen molar-refractivity contribution in [2.24, 2.45) is 0 Å². The SMILES string of the molecule is Nc1cccc(S(=O)S(=O)c2cccc(N)c2)c1. The molecule has 0 radical (unpaired) electrons. The van der Waals surface area contributed by atoms with Gasteiger partial charge in [0.25, 0.3) is 0 Å². The molecule has 2 aromatic rings. The molecule has 0 aliphatic carbocycles. The highest BCUT2D eigenvalue weighted by atomic mass is 33.1. The van der Waals surface area contributed by atoms with E-state index < -0.39 is 19.7 Å². The van der Waals surface area contributed by atoms with E-state index in [0.717, 1.165) is 0 Å². The van der Waals surface area contributed by atoms with Gasteiger partial charge in [0.15, 0.2) is 0 Å². The molecule has 0 aliphatic heterocycles. The fourth-order valence-electron chi connectivity index (χ4n) is 1.41. The van der Waals surface area contributed by atoms with Crippen LogP contribution in [0.4, 0.5) is 11.4 Å². The number of anilines is 2. The molecule has 0 fully saturated rings. The number of hydrogen-bond acceptors (Lipinski definition) is 4. The molecule has 0 bridgehead atoms. The molecule has 2 atom stereocenters. The van der Waals surface area contributed by atoms with E-state index in [1.165, 1.54) is 0 Å². The summed E-state index contributed by atoms with van der Waals surface area (Å²) >= 11 is 0. The Morgan fingerprint density at radius 3 is 1.44 bits per heavy atom. The summed E-state index contributed by atoms with van der Waals surface area (Å²) in [4.78, 5) is 0.881. The van der Waals surface area contributed by atoms with Gasteiger partial charge in [0.1, 0.15) is 19.7 Å². The van der Waals surface area contributed by atoms with Crippen LogP contribution in [-0.2, 0) is 19.7 Å². The second-order valence-corrected chi connectivity index (χ2v) is 7.31. The molecule has 2 rings (SSSR count). The third-order valence-corrected chi connectivity index (χ3v) is 5.77. The Kier molecular flexibility index (Phi) is 3.78. The van der Waals surface area contributed by atoms with Gasteiger partial charge in [-0.1, -0.05) is 12.1 Å². The van der Waals surface area contributed by atoms with E-state index in [1.54, 1.807) is 48.5 Å². The third kappa shape index (κ3) is 2.77. The molecule has 0 aromatic heterocycles. The largest absolute Gasteiger partial charge is 0.399 e. The molecular weight excluding hydrogens is 268 g/mol. The zero-order chi connectivity index (χ0) is 13.1. The first-order valence-electron chi connectivity index (χ1n) is 5.13. The average Bonchev–Trinajstić information content (AvgIpc) is 2.37. The monoisotopic (exact) mass is 280 g/mol. The number of nitrogen functional groups attached to an aromatic ring is 2. The number of rotatable bonds is 3. The molecule has 94 valence electrons. The first-order valence-corrected chi connectivity index (χ1v) is 7.94. The Hall–Kier alpha value is -1.66. The summed E-state index contributed by atoms with van der Waals surface area (Å²) in [5.41, 5.74) is 12.2. The van der Waals surface area contributed by atoms with Gasteiger partial charge in [-0.25, -0.2) is 8.42 Å². The molecule has 0 saturated carbocycles. The normalized spacial score (nSPS) is 14.0. The third-order valence-electron chi connectivity index (χ3n) is 2.24. The summed E-state index contributed by atoms with van der Waals surface area (Å²) in [6.45, 7) is 0. The fourth-order valence-corrected chi connectivity index (χ4v) is 4.28. The lowest BCUT2D eigenvalue weighted by molar-refractivity contribution is 0.677. The van der Waals surface area contributed by atoms with Crippen molar-refractivity contribution in [1.82, 2.24) is 0 Å². The smallest absolute Gasteiger partial charge is 0.148 e. The van der Waals surface area contributed by atoms with Crippen LogP contribution in [0.1, 0.15) is 0 Å². The zero-order valence-corrected chi connectivity index (χ0v) is 11.0. The minimum absolute atomic E-state index is 0.441. The average molecular weight is 280 g/mol. The van der Waals surface area contributed by atoms with Crippen molar-refractivity contribution in [2.45, 2.75) is 9.79 Å². The molecule has 18 heavy (non-hydrogen) atoms. The molecule has 4 N–H and O–H groups in total. The van der Waals surface area contributed by atoms with Crippen LogP contribution < -0.4 is 11.5 Å². The lowest BCUT2D eigenvalue weighted by atomic mass is 10.3. The van der Waals surface area contributed by atoms with E-state index in [2.05, 4.69) is 0 Å². The molecule has 0 heterocycles. The van der Waals surface area contributed by atoms with E-state index in [9.17, 15) is 8.42 Å². The van der Waals surface area contributed by atoms with Gasteiger partial charge in [0.05, 0.1) is 9.79 Å². The maximum Gasteiger partial charge on any atom is 0.148 e. The molecular formula is C12H12N2O2S2. The van der Waals surface area contributed by atoms with Gasteiger partial charge in [0.2, 0.25) is 0 Å². The Morgan fingerprint density at radius 2 is 1.11 bits per heavy atom. The molecule has 2 unspecified atom stereocenters. The van der Waals surface area contributed by atoms with Gasteiger partial charge in [-0.3, -0.25) is 0 Å². The van der Waals surface area contributed by atoms with Gasteiger partial charge in [0, 0.05) is 11.4 Å². The van der Waals surface area contributed by atoms with Crippen LogP contribution >= 0.6 is 0 Å². The number of hydrogen-bond donors (Lipinski definition) is 2. The van der Waals surface area contributed by atoms with E-state index in [-0.39, 0.29) is 0 Å². The number of benzene rings is 2. The van der Waals surface area contributed by atoms with Crippen molar-refractivity contribution in [3.05, 3.63) is 48.5 Å². The Morgan fingerprint density at radius 1 is 0.722 bits per heavy atom. The first-order chi connectivity index (χ1) is 8.58. The standard InChI is InChI=1S/C12H12N2O2S2/c13-9-3-1-5-11(7-9)17(15)18(16)12-6-2-4-10(14)8-12/h1-8H,13-14H2. The summed E-state index contributed by atoms with van der Waals surface area (Å²) < 4.78 is 24.2. The van der Waals surface area contributed by atoms with Gasteiger partial charge >= 0.3 is 0 Å². The van der Waals surface area contributed by atoms with Crippen molar-refractivity contribution in [3.63, 3.8) is 0 Å². The highest BCUT2D eigenvalue weighted by molar-refractivity contribution is 8.61. The van der Waals surface area contributed by atoms with Crippen molar-refractivity contribution >= 4 is 31.0 Å². The summed E-state index contributed by atoms with van der Waals surface area (Å²) in [7, 11) is -3.32. The highest BCUT2D eigenvalue weighted by Crippen LogP contribution is 2.20. The van der Waals surface area contributed by atoms with Crippen LogP contribution in [0.2, 0.25) is 0 Å². The van der Waals surface area contributed by atoms with E-state index in [1.807, 2.05) is 0 Å². The quantitative estimate of drug-likeness (QED) is 0.661. The van der Waals surface area contributed by atoms with Crippen molar-refractivity contribution < 1.29 is 8.42 Å². The van der Waals surface area contributed by atoms with E-state index in [4.69, 9.17) is 11.5 Å². The van der Waals surface area contributed by atoms with Gasteiger partial charge < -0.3 is 11.5 Å². The Balaban J connectivity index is 2.32. The topological polar surface area (TPSA) is 86.2 Å². The summed E-state index contributed by atoms with van der Waals surface area (Å²) in [6.07, 6.45) is 0. The van der Waals surface area contributed by atoms with Crippen LogP contribution in [0.15, 0.2) is 58.3 Å². The lowest BCUT2D eigenvalue weighted by Crippen LogP contribution is -2.02. The summed E-state index contributed by atoms with van der Waals surface area (Å²) in [5.74, 6) is 0. The molecule has 6 heteroatoms. The summed E-state index contributed by atoms with van der Waals surface area (Å²) in [6, 6.07) is 13.1. The second-order valence-electron chi connectivity index (χ2n) is 3.61. The van der Waals surface area contributed by atoms with Crippen LogP contribution in [0.25, 0.3) is 0 Å². The van der Waals surface area contributed by atoms with Gasteiger partial charge in [-0.2, -0.15) is 0 Å². The minimum Gasteiger partial charge on any atom is -0.399 e. The molecule has 2 aromatic carbocycles. The van der Waals surface area contributed by atoms with Crippen LogP contribution in [0, 0.1) is 0 Å². The molecule has 0 amide bonds. The summed E-state index contributed by atoms with van der Waals surface area (Å²) in [5, 5.41) is 0. The number of nitrogens with two attached hydrogens (primary N) is 2. The Bertz CT molecular complexity index is 573. The predicted molar refractivity (Wildman–Crippen MR) is 74.5 cm³/mol. The van der Waals surface area contributed by atoms with Crippen LogP contribution in [0.3, 0.4) is 0 Å². The molecule has 0 saturated heterocycles. The molecule has 0 spiro atoms. The molecule has 0 aliphatic rings. The Labute approximate surface area is 109 Å². The first kappa shape index (κ1) is 12.8. The second kappa shape index (κ2) is 5.32. The predicted octanol–water partition coefficient (Wildman–Crippen LogP) is 1.68. The lowest BCUT2D eigenvalue weighted by Gasteiger charge is -2.04. The maximum atomic E-state index is 12.1. The van der Waals surface area contributed by atoms with Crippen molar-refractivity contribution in [1.29, 1.82) is 0 Å². The van der Waals surface area contributed by atoms with Crippen LogP contribution in [0.5, 0.6) is 0 Å². The van der Waals surface area contributed by atoms with Gasteiger partial charge in [-0.15, -0.1) is 0 Å². The van der Waals surface area contributed by atoms with Crippen molar-refractivity contribution in [3.8, 4) is 0 Å². The highest BCUT2D eigenvalue weighted by Gasteiger charge is 2.15. The minimum atomic E-state index is -1.66. The fraction of sp³-hybridized carbons (Fsp3) is 0. The zero-order valence-electron chi connectivity index (χ0n) is 9.41.